The highest BCUT2D eigenvalue weighted by molar-refractivity contribution is 5.88. The molecule has 6 nitrogen and oxygen atoms in total. The van der Waals surface area contributed by atoms with E-state index in [4.69, 9.17) is 5.73 Å². The Hall–Kier alpha value is -1.14. The van der Waals surface area contributed by atoms with Crippen LogP contribution in [0.25, 0.3) is 0 Å². The predicted molar refractivity (Wildman–Crippen MR) is 110 cm³/mol. The molecule has 4 fully saturated rings. The second-order valence-corrected chi connectivity index (χ2v) is 10.4. The third-order valence-electron chi connectivity index (χ3n) is 6.79. The number of likely N-dealkylation sites (tertiary alicyclic amines) is 1. The number of nitrogens with one attached hydrogen (secondary N) is 1. The molecule has 1 amide bonds. The van der Waals surface area contributed by atoms with Gasteiger partial charge in [-0.05, 0) is 71.1 Å². The Labute approximate surface area is 169 Å². The first-order valence-corrected chi connectivity index (χ1v) is 11.2. The number of hydrogen-bond acceptors (Lipinski definition) is 4. The van der Waals surface area contributed by atoms with Gasteiger partial charge in [0.2, 0.25) is 5.91 Å². The van der Waals surface area contributed by atoms with Crippen LogP contribution < -0.4 is 11.1 Å². The number of hydrogen-bond donors (Lipinski definition) is 3. The molecule has 2 aliphatic heterocycles. The molecular formula is C22H39N3O3. The van der Waals surface area contributed by atoms with Crippen molar-refractivity contribution in [2.24, 2.45) is 17.6 Å². The van der Waals surface area contributed by atoms with Crippen LogP contribution in [0.3, 0.4) is 0 Å². The van der Waals surface area contributed by atoms with Crippen LogP contribution in [0.5, 0.6) is 0 Å². The van der Waals surface area contributed by atoms with E-state index in [9.17, 15) is 14.7 Å². The van der Waals surface area contributed by atoms with E-state index < -0.39 is 12.0 Å². The summed E-state index contributed by atoms with van der Waals surface area (Å²) in [6, 6.07) is -0.0989. The summed E-state index contributed by atoms with van der Waals surface area (Å²) in [6.07, 6.45) is 10.9. The zero-order chi connectivity index (χ0) is 20.5. The molecule has 2 saturated carbocycles. The first-order valence-electron chi connectivity index (χ1n) is 11.2. The number of aliphatic carboxylic acids is 1. The van der Waals surface area contributed by atoms with Crippen molar-refractivity contribution in [3.63, 3.8) is 0 Å². The van der Waals surface area contributed by atoms with E-state index in [2.05, 4.69) is 5.32 Å². The third kappa shape index (κ3) is 5.07. The van der Waals surface area contributed by atoms with Crippen molar-refractivity contribution < 1.29 is 14.7 Å². The maximum Gasteiger partial charge on any atom is 0.326 e. The van der Waals surface area contributed by atoms with Gasteiger partial charge in [-0.15, -0.1) is 0 Å². The Bertz CT molecular complexity index is 554. The van der Waals surface area contributed by atoms with E-state index in [0.29, 0.717) is 24.3 Å². The maximum atomic E-state index is 13.2. The van der Waals surface area contributed by atoms with Gasteiger partial charge in [0, 0.05) is 17.6 Å². The summed E-state index contributed by atoms with van der Waals surface area (Å²) in [7, 11) is 0. The topological polar surface area (TPSA) is 95.7 Å². The van der Waals surface area contributed by atoms with Gasteiger partial charge in [0.25, 0.3) is 0 Å². The number of amides is 1. The molecule has 6 atom stereocenters. The minimum Gasteiger partial charge on any atom is -0.480 e. The van der Waals surface area contributed by atoms with E-state index in [-0.39, 0.29) is 23.5 Å². The van der Waals surface area contributed by atoms with E-state index in [1.165, 1.54) is 32.1 Å². The Morgan fingerprint density at radius 1 is 0.964 bits per heavy atom. The summed E-state index contributed by atoms with van der Waals surface area (Å²) >= 11 is 0. The monoisotopic (exact) mass is 393 g/mol. The van der Waals surface area contributed by atoms with Crippen LogP contribution in [0.1, 0.15) is 85.0 Å². The molecule has 0 aromatic heterocycles. The molecule has 160 valence electrons. The molecule has 6 heteroatoms. The zero-order valence-corrected chi connectivity index (χ0v) is 17.8. The number of carbonyl (C=O) groups is 2. The standard InChI is InChI=1S/C18H28N2O3.C4H11N/c21-17(14-9-11-5-1-3-7-13(11)19-14)20-15-8-4-2-6-12(15)10-16(20)18(22)23;1-4(2,3)5/h11-16,19H,1-10H2,(H,22,23);5H2,1-3H3/t11-,12-,13-,14-,15-,16-;/m0./s1. The molecule has 0 spiro atoms. The second kappa shape index (κ2) is 8.70. The summed E-state index contributed by atoms with van der Waals surface area (Å²) < 4.78 is 0. The van der Waals surface area contributed by atoms with Crippen LogP contribution in [0.4, 0.5) is 0 Å². The molecule has 2 aliphatic carbocycles. The average Bonchev–Trinajstić information content (AvgIpc) is 3.21. The Balaban J connectivity index is 0.000000403. The van der Waals surface area contributed by atoms with Crippen molar-refractivity contribution in [3.8, 4) is 0 Å². The molecule has 4 N–H and O–H groups in total. The molecule has 0 aromatic rings. The van der Waals surface area contributed by atoms with Gasteiger partial charge in [-0.2, -0.15) is 0 Å². The predicted octanol–water partition coefficient (Wildman–Crippen LogP) is 2.90. The van der Waals surface area contributed by atoms with Crippen LogP contribution in [0, 0.1) is 11.8 Å². The van der Waals surface area contributed by atoms with Crippen LogP contribution >= 0.6 is 0 Å². The summed E-state index contributed by atoms with van der Waals surface area (Å²) in [6.45, 7) is 5.90. The second-order valence-electron chi connectivity index (χ2n) is 10.4. The lowest BCUT2D eigenvalue weighted by atomic mass is 9.84. The number of carboxylic acids is 1. The number of nitrogens with zero attached hydrogens (tertiary/aromatic N) is 1. The minimum atomic E-state index is -0.817. The summed E-state index contributed by atoms with van der Waals surface area (Å²) in [5.41, 5.74) is 5.35. The van der Waals surface area contributed by atoms with Gasteiger partial charge in [0.15, 0.2) is 0 Å². The van der Waals surface area contributed by atoms with Crippen LogP contribution in [0.2, 0.25) is 0 Å². The number of nitrogens with two attached hydrogens (primary N) is 1. The van der Waals surface area contributed by atoms with Gasteiger partial charge in [0.05, 0.1) is 6.04 Å². The van der Waals surface area contributed by atoms with Crippen molar-refractivity contribution in [2.75, 3.05) is 0 Å². The molecule has 4 aliphatic rings. The maximum absolute atomic E-state index is 13.2. The summed E-state index contributed by atoms with van der Waals surface area (Å²) in [5.74, 6) is 0.271. The first-order chi connectivity index (χ1) is 13.1. The lowest BCUT2D eigenvalue weighted by Crippen LogP contribution is -2.53. The van der Waals surface area contributed by atoms with Gasteiger partial charge in [-0.3, -0.25) is 4.79 Å². The Morgan fingerprint density at radius 3 is 2.14 bits per heavy atom. The highest BCUT2D eigenvalue weighted by Crippen LogP contribution is 2.41. The van der Waals surface area contributed by atoms with E-state index in [1.54, 1.807) is 4.90 Å². The normalized spacial score (nSPS) is 37.5. The molecule has 0 bridgehead atoms. The van der Waals surface area contributed by atoms with E-state index >= 15 is 0 Å². The molecule has 0 radical (unpaired) electrons. The largest absolute Gasteiger partial charge is 0.480 e. The van der Waals surface area contributed by atoms with Crippen LogP contribution in [-0.2, 0) is 9.59 Å². The smallest absolute Gasteiger partial charge is 0.326 e. The highest BCUT2D eigenvalue weighted by Gasteiger charge is 2.50. The average molecular weight is 394 g/mol. The lowest BCUT2D eigenvalue weighted by molar-refractivity contribution is -0.150. The zero-order valence-electron chi connectivity index (χ0n) is 17.8. The van der Waals surface area contributed by atoms with E-state index in [0.717, 1.165) is 25.7 Å². The molecule has 0 unspecified atom stereocenters. The fourth-order valence-corrected chi connectivity index (χ4v) is 5.69. The quantitative estimate of drug-likeness (QED) is 0.670. The van der Waals surface area contributed by atoms with Gasteiger partial charge in [-0.1, -0.05) is 25.7 Å². The molecular weight excluding hydrogens is 354 g/mol. The third-order valence-corrected chi connectivity index (χ3v) is 6.79. The molecule has 2 heterocycles. The van der Waals surface area contributed by atoms with Gasteiger partial charge < -0.3 is 21.1 Å². The van der Waals surface area contributed by atoms with Crippen molar-refractivity contribution >= 4 is 11.9 Å². The van der Waals surface area contributed by atoms with Crippen molar-refractivity contribution in [1.29, 1.82) is 0 Å². The van der Waals surface area contributed by atoms with Gasteiger partial charge in [-0.25, -0.2) is 4.79 Å². The fourth-order valence-electron chi connectivity index (χ4n) is 5.69. The molecule has 2 saturated heterocycles. The van der Waals surface area contributed by atoms with Crippen molar-refractivity contribution in [2.45, 2.75) is 115 Å². The summed E-state index contributed by atoms with van der Waals surface area (Å²) in [5, 5.41) is 13.2. The van der Waals surface area contributed by atoms with Gasteiger partial charge >= 0.3 is 5.97 Å². The van der Waals surface area contributed by atoms with Crippen LogP contribution in [0.15, 0.2) is 0 Å². The first kappa shape index (κ1) is 21.6. The highest BCUT2D eigenvalue weighted by atomic mass is 16.4. The molecule has 28 heavy (non-hydrogen) atoms. The SMILES string of the molecule is CC(C)(C)N.O=C(O)[C@@H]1C[C@@H]2CCCC[C@@H]2N1C(=O)[C@@H]1C[C@@H]2CCCC[C@@H]2N1. The van der Waals surface area contributed by atoms with E-state index in [1.807, 2.05) is 20.8 Å². The lowest BCUT2D eigenvalue weighted by Gasteiger charge is -2.34. The number of rotatable bonds is 2. The number of carboxylic acid groups (broad SMARTS) is 1. The van der Waals surface area contributed by atoms with Crippen molar-refractivity contribution in [3.05, 3.63) is 0 Å². The number of fused-ring (bicyclic) bond motifs is 2. The Morgan fingerprint density at radius 2 is 1.54 bits per heavy atom. The summed E-state index contributed by atoms with van der Waals surface area (Å²) in [4.78, 5) is 26.7. The number of carbonyl (C=O) groups excluding carboxylic acids is 1. The van der Waals surface area contributed by atoms with Crippen LogP contribution in [-0.4, -0.2) is 51.6 Å². The molecule has 4 rings (SSSR count). The Kier molecular flexibility index (Phi) is 6.70. The molecule has 0 aromatic carbocycles. The van der Waals surface area contributed by atoms with Crippen molar-refractivity contribution in [1.82, 2.24) is 10.2 Å². The minimum absolute atomic E-state index is 0. The van der Waals surface area contributed by atoms with Gasteiger partial charge in [0.1, 0.15) is 6.04 Å². The fraction of sp³-hybridized carbons (Fsp3) is 0.909.